The Morgan fingerprint density at radius 1 is 1.30 bits per heavy atom. The van der Waals surface area contributed by atoms with E-state index in [-0.39, 0.29) is 16.3 Å². The first-order valence-electron chi connectivity index (χ1n) is 7.36. The summed E-state index contributed by atoms with van der Waals surface area (Å²) in [7, 11) is -3.50. The van der Waals surface area contributed by atoms with Gasteiger partial charge in [0.2, 0.25) is 0 Å². The molecule has 1 aromatic rings. The van der Waals surface area contributed by atoms with E-state index in [4.69, 9.17) is 4.74 Å². The lowest BCUT2D eigenvalue weighted by atomic mass is 10.1. The van der Waals surface area contributed by atoms with Crippen LogP contribution in [0.15, 0.2) is 17.0 Å². The first-order valence-corrected chi connectivity index (χ1v) is 9.01. The molecule has 1 fully saturated rings. The van der Waals surface area contributed by atoms with Crippen LogP contribution in [0.25, 0.3) is 0 Å². The molecule has 2 heterocycles. The van der Waals surface area contributed by atoms with Gasteiger partial charge in [-0.15, -0.1) is 0 Å². The summed E-state index contributed by atoms with van der Waals surface area (Å²) in [6.45, 7) is 5.44. The third-order valence-electron chi connectivity index (χ3n) is 3.98. The van der Waals surface area contributed by atoms with Crippen molar-refractivity contribution in [3.8, 4) is 0 Å². The number of benzene rings is 1. The van der Waals surface area contributed by atoms with Gasteiger partial charge in [-0.1, -0.05) is 0 Å². The third kappa shape index (κ3) is 2.98. The molecule has 2 aliphatic rings. The molecule has 1 N–H and O–H groups in total. The lowest BCUT2D eigenvalue weighted by Gasteiger charge is -2.34. The van der Waals surface area contributed by atoms with Gasteiger partial charge in [0.25, 0.3) is 5.69 Å². The van der Waals surface area contributed by atoms with Crippen molar-refractivity contribution in [1.82, 2.24) is 0 Å². The second-order valence-electron chi connectivity index (χ2n) is 6.46. The fraction of sp³-hybridized carbons (Fsp3) is 0.571. The number of fused-ring (bicyclic) bond motifs is 1. The quantitative estimate of drug-likeness (QED) is 0.641. The van der Waals surface area contributed by atoms with Crippen molar-refractivity contribution in [2.24, 2.45) is 0 Å². The number of sulfone groups is 1. The molecule has 0 spiro atoms. The van der Waals surface area contributed by atoms with Crippen LogP contribution in [0.4, 0.5) is 17.1 Å². The molecule has 23 heavy (non-hydrogen) atoms. The summed E-state index contributed by atoms with van der Waals surface area (Å²) in [6.07, 6.45) is 0. The molecule has 1 aromatic carbocycles. The average molecular weight is 341 g/mol. The molecule has 0 saturated carbocycles. The highest BCUT2D eigenvalue weighted by Gasteiger charge is 2.38. The molecule has 0 atom stereocenters. The molecule has 2 aliphatic heterocycles. The van der Waals surface area contributed by atoms with Crippen molar-refractivity contribution < 1.29 is 18.1 Å². The maximum atomic E-state index is 12.6. The summed E-state index contributed by atoms with van der Waals surface area (Å²) in [5, 5.41) is 14.5. The van der Waals surface area contributed by atoms with E-state index in [1.165, 1.54) is 12.1 Å². The van der Waals surface area contributed by atoms with Crippen molar-refractivity contribution in [3.63, 3.8) is 0 Å². The second-order valence-corrected chi connectivity index (χ2v) is 8.42. The highest BCUT2D eigenvalue weighted by atomic mass is 32.2. The van der Waals surface area contributed by atoms with E-state index in [1.54, 1.807) is 18.7 Å². The minimum absolute atomic E-state index is 0.0483. The van der Waals surface area contributed by atoms with Crippen LogP contribution in [0.1, 0.15) is 13.8 Å². The minimum Gasteiger partial charge on any atom is -0.378 e. The number of morpholine rings is 1. The molecule has 0 amide bonds. The fourth-order valence-corrected chi connectivity index (χ4v) is 4.98. The van der Waals surface area contributed by atoms with Gasteiger partial charge in [-0.25, -0.2) is 8.42 Å². The van der Waals surface area contributed by atoms with E-state index in [9.17, 15) is 18.5 Å². The second kappa shape index (κ2) is 5.34. The standard InChI is InChI=1S/C14H19N3O5S/c1-14(2)9-23(20,21)13-8-11(16-3-5-22-6-4-16)12(17(18)19)7-10(13)15-14/h7-8,15H,3-6,9H2,1-2H3. The molecule has 0 aliphatic carbocycles. The molecule has 0 unspecified atom stereocenters. The van der Waals surface area contributed by atoms with Gasteiger partial charge in [0.1, 0.15) is 5.69 Å². The lowest BCUT2D eigenvalue weighted by Crippen LogP contribution is -2.43. The molecule has 126 valence electrons. The number of nitro groups is 1. The Morgan fingerprint density at radius 3 is 2.57 bits per heavy atom. The third-order valence-corrected chi connectivity index (χ3v) is 6.09. The van der Waals surface area contributed by atoms with Crippen LogP contribution in [-0.2, 0) is 14.6 Å². The van der Waals surface area contributed by atoms with Gasteiger partial charge in [0.05, 0.1) is 34.5 Å². The number of nitro benzene ring substituents is 1. The number of rotatable bonds is 2. The summed E-state index contributed by atoms with van der Waals surface area (Å²) in [4.78, 5) is 12.9. The van der Waals surface area contributed by atoms with Crippen LogP contribution in [0.3, 0.4) is 0 Å². The molecule has 3 rings (SSSR count). The largest absolute Gasteiger partial charge is 0.378 e. The van der Waals surface area contributed by atoms with E-state index in [0.717, 1.165) is 0 Å². The Morgan fingerprint density at radius 2 is 1.96 bits per heavy atom. The van der Waals surface area contributed by atoms with Gasteiger partial charge in [0.15, 0.2) is 9.84 Å². The van der Waals surface area contributed by atoms with Crippen LogP contribution in [0.5, 0.6) is 0 Å². The van der Waals surface area contributed by atoms with E-state index in [2.05, 4.69) is 5.32 Å². The highest BCUT2D eigenvalue weighted by Crippen LogP contribution is 2.41. The number of hydrogen-bond acceptors (Lipinski definition) is 7. The van der Waals surface area contributed by atoms with Gasteiger partial charge in [0, 0.05) is 24.7 Å². The van der Waals surface area contributed by atoms with E-state index >= 15 is 0 Å². The zero-order valence-electron chi connectivity index (χ0n) is 13.0. The summed E-state index contributed by atoms with van der Waals surface area (Å²) in [6, 6.07) is 2.76. The maximum Gasteiger partial charge on any atom is 0.294 e. The zero-order valence-corrected chi connectivity index (χ0v) is 13.9. The molecule has 0 bridgehead atoms. The normalized spacial score (nSPS) is 22.1. The number of ether oxygens (including phenoxy) is 1. The Labute approximate surface area is 134 Å². The van der Waals surface area contributed by atoms with Gasteiger partial charge in [-0.3, -0.25) is 10.1 Å². The van der Waals surface area contributed by atoms with Crippen molar-refractivity contribution in [3.05, 3.63) is 22.2 Å². The predicted molar refractivity (Wildman–Crippen MR) is 85.9 cm³/mol. The molecular formula is C14H19N3O5S. The summed E-state index contributed by atoms with van der Waals surface area (Å²) >= 11 is 0. The van der Waals surface area contributed by atoms with Gasteiger partial charge >= 0.3 is 0 Å². The van der Waals surface area contributed by atoms with Gasteiger partial charge < -0.3 is 15.0 Å². The number of hydrogen-bond donors (Lipinski definition) is 1. The van der Waals surface area contributed by atoms with Crippen molar-refractivity contribution in [1.29, 1.82) is 0 Å². The van der Waals surface area contributed by atoms with E-state index in [1.807, 2.05) is 0 Å². The van der Waals surface area contributed by atoms with Crippen molar-refractivity contribution in [2.75, 3.05) is 42.3 Å². The summed E-state index contributed by atoms with van der Waals surface area (Å²) in [5.74, 6) is -0.0483. The van der Waals surface area contributed by atoms with Crippen molar-refractivity contribution in [2.45, 2.75) is 24.3 Å². The SMILES string of the molecule is CC1(C)CS(=O)(=O)c2cc(N3CCOCC3)c([N+](=O)[O-])cc2N1. The topological polar surface area (TPSA) is 102 Å². The van der Waals surface area contributed by atoms with Gasteiger partial charge in [-0.05, 0) is 19.9 Å². The first-order chi connectivity index (χ1) is 10.7. The number of anilines is 2. The van der Waals surface area contributed by atoms with Crippen LogP contribution < -0.4 is 10.2 Å². The molecule has 8 nitrogen and oxygen atoms in total. The summed E-state index contributed by atoms with van der Waals surface area (Å²) < 4.78 is 30.4. The molecular weight excluding hydrogens is 322 g/mol. The van der Waals surface area contributed by atoms with Crippen LogP contribution >= 0.6 is 0 Å². The maximum absolute atomic E-state index is 12.6. The monoisotopic (exact) mass is 341 g/mol. The van der Waals surface area contributed by atoms with Gasteiger partial charge in [-0.2, -0.15) is 0 Å². The molecule has 0 aromatic heterocycles. The predicted octanol–water partition coefficient (Wildman–Crippen LogP) is 1.41. The Hall–Kier alpha value is -1.87. The molecule has 9 heteroatoms. The average Bonchev–Trinajstić information content (AvgIpc) is 2.45. The highest BCUT2D eigenvalue weighted by molar-refractivity contribution is 7.91. The number of nitrogens with zero attached hydrogens (tertiary/aromatic N) is 2. The smallest absolute Gasteiger partial charge is 0.294 e. The first kappa shape index (κ1) is 16.0. The fourth-order valence-electron chi connectivity index (χ4n) is 3.07. The molecule has 0 radical (unpaired) electrons. The lowest BCUT2D eigenvalue weighted by molar-refractivity contribution is -0.384. The summed E-state index contributed by atoms with van der Waals surface area (Å²) in [5.41, 5.74) is -0.127. The molecule has 1 saturated heterocycles. The van der Waals surface area contributed by atoms with Crippen LogP contribution in [-0.4, -0.2) is 50.9 Å². The Bertz CT molecular complexity index is 754. The van der Waals surface area contributed by atoms with Crippen molar-refractivity contribution >= 4 is 26.9 Å². The van der Waals surface area contributed by atoms with E-state index < -0.39 is 20.3 Å². The Balaban J connectivity index is 2.17. The number of nitrogens with one attached hydrogen (secondary N) is 1. The minimum atomic E-state index is -3.50. The van der Waals surface area contributed by atoms with Crippen LogP contribution in [0, 0.1) is 10.1 Å². The van der Waals surface area contributed by atoms with E-state index in [0.29, 0.717) is 37.7 Å². The Kier molecular flexibility index (Phi) is 3.72. The zero-order chi connectivity index (χ0) is 16.8. The van der Waals surface area contributed by atoms with Crippen LogP contribution in [0.2, 0.25) is 0 Å².